The van der Waals surface area contributed by atoms with Crippen LogP contribution in [0, 0.1) is 0 Å². The zero-order valence-electron chi connectivity index (χ0n) is 13.2. The fraction of sp³-hybridized carbons (Fsp3) is 0.500. The first-order valence-corrected chi connectivity index (χ1v) is 7.81. The summed E-state index contributed by atoms with van der Waals surface area (Å²) in [5, 5.41) is 22.7. The number of benzene rings is 1. The molecule has 1 aliphatic rings. The van der Waals surface area contributed by atoms with Crippen molar-refractivity contribution >= 4 is 23.3 Å². The lowest BCUT2D eigenvalue weighted by Crippen LogP contribution is -2.58. The molecule has 1 fully saturated rings. The zero-order valence-corrected chi connectivity index (χ0v) is 14.1. The van der Waals surface area contributed by atoms with Crippen molar-refractivity contribution in [1.82, 2.24) is 0 Å². The third kappa shape index (κ3) is 4.45. The number of aliphatic hydroxyl groups excluding tert-OH is 2. The number of rotatable bonds is 5. The highest BCUT2D eigenvalue weighted by atomic mass is 32.1. The summed E-state index contributed by atoms with van der Waals surface area (Å²) in [6.07, 6.45) is -6.44. The Morgan fingerprint density at radius 3 is 2.58 bits per heavy atom. The Morgan fingerprint density at radius 2 is 2.00 bits per heavy atom. The number of hydrogen-bond acceptors (Lipinski definition) is 8. The number of thiocarbonyl (C=S) groups is 1. The summed E-state index contributed by atoms with van der Waals surface area (Å²) < 4.78 is 16.2. The Hall–Kier alpha value is -1.67. The minimum Gasteiger partial charge on any atom is -0.457 e. The van der Waals surface area contributed by atoms with Crippen LogP contribution in [-0.2, 0) is 19.0 Å². The van der Waals surface area contributed by atoms with Crippen LogP contribution in [0.1, 0.15) is 25.6 Å². The van der Waals surface area contributed by atoms with E-state index in [9.17, 15) is 15.0 Å². The summed E-state index contributed by atoms with van der Waals surface area (Å²) in [5.74, 6) is -0.575. The Bertz CT molecular complexity index is 606. The van der Waals surface area contributed by atoms with Crippen molar-refractivity contribution in [3.8, 4) is 0 Å². The molecule has 1 saturated heterocycles. The molecule has 0 saturated carbocycles. The third-order valence-corrected chi connectivity index (χ3v) is 3.70. The molecule has 1 aromatic rings. The summed E-state index contributed by atoms with van der Waals surface area (Å²) in [4.78, 5) is 15.0. The minimum atomic E-state index is -1.42. The fourth-order valence-electron chi connectivity index (χ4n) is 2.45. The number of ether oxygens (including phenoxy) is 3. The van der Waals surface area contributed by atoms with E-state index < -0.39 is 42.9 Å². The van der Waals surface area contributed by atoms with Gasteiger partial charge in [0.05, 0.1) is 11.3 Å². The molecule has 0 aliphatic carbocycles. The molecule has 130 valence electrons. The monoisotopic (exact) mass is 353 g/mol. The number of hydrogen-bond donors (Lipinski definition) is 2. The highest BCUT2D eigenvalue weighted by Crippen LogP contribution is 2.29. The summed E-state index contributed by atoms with van der Waals surface area (Å²) in [6.45, 7) is 2.83. The average Bonchev–Trinajstić information content (AvgIpc) is 2.56. The molecule has 7 nitrogen and oxygen atoms in total. The van der Waals surface area contributed by atoms with Crippen molar-refractivity contribution in [3.63, 3.8) is 0 Å². The molecule has 0 aromatic heterocycles. The Kier molecular flexibility index (Phi) is 6.56. The van der Waals surface area contributed by atoms with Crippen LogP contribution in [0.2, 0.25) is 0 Å². The van der Waals surface area contributed by atoms with Gasteiger partial charge >= 0.3 is 5.97 Å². The molecular weight excluding hydrogens is 334 g/mol. The molecule has 24 heavy (non-hydrogen) atoms. The van der Waals surface area contributed by atoms with E-state index in [1.54, 1.807) is 31.2 Å². The molecule has 1 unspecified atom stereocenters. The second-order valence-electron chi connectivity index (χ2n) is 5.38. The molecule has 1 aromatic carbocycles. The molecule has 8 heteroatoms. The van der Waals surface area contributed by atoms with Crippen molar-refractivity contribution in [2.45, 2.75) is 50.8 Å². The van der Waals surface area contributed by atoms with Crippen LogP contribution >= 0.6 is 12.2 Å². The van der Waals surface area contributed by atoms with Crippen LogP contribution in [0.5, 0.6) is 0 Å². The number of esters is 1. The maximum Gasteiger partial charge on any atom is 0.303 e. The maximum atomic E-state index is 11.1. The van der Waals surface area contributed by atoms with Gasteiger partial charge in [0.2, 0.25) is 0 Å². The molecule has 0 bridgehead atoms. The van der Waals surface area contributed by atoms with E-state index in [-0.39, 0.29) is 0 Å². The van der Waals surface area contributed by atoms with Gasteiger partial charge in [-0.1, -0.05) is 30.3 Å². The van der Waals surface area contributed by atoms with Gasteiger partial charge in [0.1, 0.15) is 12.2 Å². The van der Waals surface area contributed by atoms with E-state index in [2.05, 4.69) is 22.4 Å². The standard InChI is InChI=1S/C16H19NO6S/c1-9-14(22-10(2)18)12(19)13(20)16(21-9)23-15(17-8-24)11-6-4-3-5-7-11/h3-7,9,12-16,19-20H,1-2H3/t9-,12-,13+,14-,15?,16-/m0/s1. The van der Waals surface area contributed by atoms with Gasteiger partial charge in [0, 0.05) is 12.5 Å². The normalized spacial score (nSPS) is 30.9. The van der Waals surface area contributed by atoms with Gasteiger partial charge in [0.25, 0.3) is 0 Å². The van der Waals surface area contributed by atoms with Gasteiger partial charge < -0.3 is 24.4 Å². The first-order chi connectivity index (χ1) is 11.4. The van der Waals surface area contributed by atoms with Crippen LogP contribution in [0.3, 0.4) is 0 Å². The Labute approximate surface area is 144 Å². The highest BCUT2D eigenvalue weighted by Gasteiger charge is 2.46. The smallest absolute Gasteiger partial charge is 0.303 e. The van der Waals surface area contributed by atoms with Crippen LogP contribution in [0.25, 0.3) is 0 Å². The molecule has 0 spiro atoms. The molecule has 2 rings (SSSR count). The Morgan fingerprint density at radius 1 is 1.33 bits per heavy atom. The topological polar surface area (TPSA) is 97.6 Å². The van der Waals surface area contributed by atoms with E-state index >= 15 is 0 Å². The van der Waals surface area contributed by atoms with Crippen LogP contribution in [-0.4, -0.2) is 52.0 Å². The van der Waals surface area contributed by atoms with Gasteiger partial charge in [-0.2, -0.15) is 4.99 Å². The van der Waals surface area contributed by atoms with Crippen molar-refractivity contribution in [2.75, 3.05) is 0 Å². The van der Waals surface area contributed by atoms with E-state index in [0.29, 0.717) is 5.56 Å². The lowest BCUT2D eigenvalue weighted by molar-refractivity contribution is -0.306. The summed E-state index contributed by atoms with van der Waals surface area (Å²) in [5.41, 5.74) is 0.690. The predicted octanol–water partition coefficient (Wildman–Crippen LogP) is 1.20. The number of aliphatic hydroxyl groups is 2. The SMILES string of the molecule is CC(=O)O[C@@H]1[C@@H](O)[C@@H](O)[C@H](OC(N=C=S)c2ccccc2)O[C@H]1C. The van der Waals surface area contributed by atoms with Crippen molar-refractivity contribution in [1.29, 1.82) is 0 Å². The second kappa shape index (κ2) is 8.43. The zero-order chi connectivity index (χ0) is 17.7. The number of carbonyl (C=O) groups excluding carboxylic acids is 1. The molecule has 6 atom stereocenters. The van der Waals surface area contributed by atoms with E-state index in [1.165, 1.54) is 6.92 Å². The van der Waals surface area contributed by atoms with Gasteiger partial charge in [-0.25, -0.2) is 0 Å². The second-order valence-corrected chi connectivity index (χ2v) is 5.57. The number of nitrogens with zero attached hydrogens (tertiary/aromatic N) is 1. The van der Waals surface area contributed by atoms with Crippen molar-refractivity contribution in [2.24, 2.45) is 4.99 Å². The number of aliphatic imine (C=N–C) groups is 1. The maximum absolute atomic E-state index is 11.1. The van der Waals surface area contributed by atoms with E-state index in [1.807, 2.05) is 6.07 Å². The lowest BCUT2D eigenvalue weighted by atomic mass is 9.99. The van der Waals surface area contributed by atoms with Gasteiger partial charge in [-0.3, -0.25) is 4.79 Å². The van der Waals surface area contributed by atoms with Crippen molar-refractivity contribution in [3.05, 3.63) is 35.9 Å². The Balaban J connectivity index is 2.14. The highest BCUT2D eigenvalue weighted by molar-refractivity contribution is 7.78. The molecular formula is C16H19NO6S. The molecule has 2 N–H and O–H groups in total. The molecule has 1 aliphatic heterocycles. The first kappa shape index (κ1) is 18.7. The summed E-state index contributed by atoms with van der Waals surface area (Å²) in [7, 11) is 0. The van der Waals surface area contributed by atoms with E-state index in [4.69, 9.17) is 14.2 Å². The quantitative estimate of drug-likeness (QED) is 0.466. The van der Waals surface area contributed by atoms with Gasteiger partial charge in [-0.05, 0) is 19.1 Å². The van der Waals surface area contributed by atoms with Crippen LogP contribution in [0.15, 0.2) is 35.3 Å². The fourth-order valence-corrected chi connectivity index (χ4v) is 2.54. The average molecular weight is 353 g/mol. The molecule has 1 heterocycles. The largest absolute Gasteiger partial charge is 0.457 e. The predicted molar refractivity (Wildman–Crippen MR) is 87.2 cm³/mol. The molecule has 0 radical (unpaired) electrons. The third-order valence-electron chi connectivity index (χ3n) is 3.60. The summed E-state index contributed by atoms with van der Waals surface area (Å²) >= 11 is 4.63. The number of isothiocyanates is 1. The summed E-state index contributed by atoms with van der Waals surface area (Å²) in [6, 6.07) is 8.99. The molecule has 0 amide bonds. The lowest BCUT2D eigenvalue weighted by Gasteiger charge is -2.41. The first-order valence-electron chi connectivity index (χ1n) is 7.40. The van der Waals surface area contributed by atoms with Gasteiger partial charge in [-0.15, -0.1) is 0 Å². The minimum absolute atomic E-state index is 0.575. The van der Waals surface area contributed by atoms with Gasteiger partial charge in [0.15, 0.2) is 18.6 Å². The van der Waals surface area contributed by atoms with Crippen molar-refractivity contribution < 1.29 is 29.2 Å². The van der Waals surface area contributed by atoms with Crippen LogP contribution in [0.4, 0.5) is 0 Å². The van der Waals surface area contributed by atoms with Crippen LogP contribution < -0.4 is 0 Å². The van der Waals surface area contributed by atoms with E-state index in [0.717, 1.165) is 0 Å². The number of carbonyl (C=O) groups is 1.